The minimum atomic E-state index is -0.228. The van der Waals surface area contributed by atoms with Crippen LogP contribution in [0.4, 0.5) is 11.4 Å². The van der Waals surface area contributed by atoms with Gasteiger partial charge in [0.05, 0.1) is 18.1 Å². The zero-order valence-corrected chi connectivity index (χ0v) is 14.8. The fourth-order valence-corrected chi connectivity index (χ4v) is 3.62. The molecule has 0 unspecified atom stereocenters. The second kappa shape index (κ2) is 8.07. The molecule has 1 aliphatic rings. The van der Waals surface area contributed by atoms with Crippen LogP contribution in [0.25, 0.3) is 0 Å². The normalized spacial score (nSPS) is 16.4. The molecule has 130 valence electrons. The maximum atomic E-state index is 12.3. The van der Waals surface area contributed by atoms with Gasteiger partial charge in [-0.15, -0.1) is 11.8 Å². The van der Waals surface area contributed by atoms with Gasteiger partial charge in [0.25, 0.3) is 0 Å². The Hall–Kier alpha value is -2.47. The third-order valence-corrected chi connectivity index (χ3v) is 5.31. The molecule has 3 rings (SSSR count). The summed E-state index contributed by atoms with van der Waals surface area (Å²) >= 11 is 1.38. The highest BCUT2D eigenvalue weighted by Gasteiger charge is 2.24. The molecule has 0 bridgehead atoms. The van der Waals surface area contributed by atoms with Crippen LogP contribution >= 0.6 is 11.8 Å². The van der Waals surface area contributed by atoms with E-state index >= 15 is 0 Å². The van der Waals surface area contributed by atoms with Gasteiger partial charge in [-0.25, -0.2) is 0 Å². The summed E-state index contributed by atoms with van der Waals surface area (Å²) < 4.78 is 5.09. The molecule has 5 nitrogen and oxygen atoms in total. The monoisotopic (exact) mass is 356 g/mol. The molecule has 6 heteroatoms. The zero-order chi connectivity index (χ0) is 17.6. The smallest absolute Gasteiger partial charge is 0.237 e. The molecular weight excluding hydrogens is 336 g/mol. The Morgan fingerprint density at radius 3 is 2.76 bits per heavy atom. The standard InChI is InChI=1S/C19H20N2O3S/c1-24-15-9-7-14(8-10-15)20-18(22)12-25-17-11-6-13-4-2-3-5-16(13)21-19(17)23/h2-5,7-10,17H,6,11-12H2,1H3,(H,20,22)(H,21,23)/t17-/m1/s1. The molecule has 0 aromatic heterocycles. The summed E-state index contributed by atoms with van der Waals surface area (Å²) in [5.41, 5.74) is 2.73. The van der Waals surface area contributed by atoms with Crippen LogP contribution in [0.3, 0.4) is 0 Å². The van der Waals surface area contributed by atoms with Crippen molar-refractivity contribution in [1.29, 1.82) is 0 Å². The fraction of sp³-hybridized carbons (Fsp3) is 0.263. The number of para-hydroxylation sites is 1. The summed E-state index contributed by atoms with van der Waals surface area (Å²) in [7, 11) is 1.60. The Morgan fingerprint density at radius 1 is 1.24 bits per heavy atom. The zero-order valence-electron chi connectivity index (χ0n) is 14.0. The summed E-state index contributed by atoms with van der Waals surface area (Å²) in [5, 5.41) is 5.56. The highest BCUT2D eigenvalue weighted by atomic mass is 32.2. The Bertz CT molecular complexity index is 762. The molecule has 2 N–H and O–H groups in total. The number of amides is 2. The molecule has 0 saturated carbocycles. The number of hydrogen-bond donors (Lipinski definition) is 2. The minimum absolute atomic E-state index is 0.0350. The second-order valence-corrected chi connectivity index (χ2v) is 6.95. The Balaban J connectivity index is 1.52. The largest absolute Gasteiger partial charge is 0.497 e. The summed E-state index contributed by atoms with van der Waals surface area (Å²) in [6.45, 7) is 0. The molecule has 1 aliphatic heterocycles. The Morgan fingerprint density at radius 2 is 2.00 bits per heavy atom. The van der Waals surface area contributed by atoms with Gasteiger partial charge >= 0.3 is 0 Å². The molecule has 1 atom stereocenters. The molecule has 2 aromatic carbocycles. The number of carbonyl (C=O) groups excluding carboxylic acids is 2. The maximum absolute atomic E-state index is 12.3. The van der Waals surface area contributed by atoms with E-state index in [4.69, 9.17) is 4.74 Å². The second-order valence-electron chi connectivity index (χ2n) is 5.76. The van der Waals surface area contributed by atoms with Gasteiger partial charge < -0.3 is 15.4 Å². The molecule has 0 saturated heterocycles. The average Bonchev–Trinajstić information content (AvgIpc) is 2.79. The summed E-state index contributed by atoms with van der Waals surface area (Å²) in [5.74, 6) is 0.819. The highest BCUT2D eigenvalue weighted by Crippen LogP contribution is 2.27. The molecule has 0 radical (unpaired) electrons. The van der Waals surface area contributed by atoms with Gasteiger partial charge in [0, 0.05) is 11.4 Å². The van der Waals surface area contributed by atoms with Gasteiger partial charge in [-0.05, 0) is 48.7 Å². The van der Waals surface area contributed by atoms with E-state index in [1.54, 1.807) is 31.4 Å². The van der Waals surface area contributed by atoms with Crippen molar-refractivity contribution in [2.45, 2.75) is 18.1 Å². The fourth-order valence-electron chi connectivity index (χ4n) is 2.70. The number of rotatable bonds is 5. The van der Waals surface area contributed by atoms with E-state index in [2.05, 4.69) is 10.6 Å². The number of anilines is 2. The van der Waals surface area contributed by atoms with E-state index in [0.717, 1.165) is 29.8 Å². The number of methoxy groups -OCH3 is 1. The number of ether oxygens (including phenoxy) is 1. The van der Waals surface area contributed by atoms with Crippen molar-refractivity contribution in [3.8, 4) is 5.75 Å². The predicted molar refractivity (Wildman–Crippen MR) is 101 cm³/mol. The van der Waals surface area contributed by atoms with Gasteiger partial charge in [-0.1, -0.05) is 18.2 Å². The number of fused-ring (bicyclic) bond motifs is 1. The van der Waals surface area contributed by atoms with Crippen molar-refractivity contribution < 1.29 is 14.3 Å². The van der Waals surface area contributed by atoms with Gasteiger partial charge in [-0.3, -0.25) is 9.59 Å². The number of hydrogen-bond acceptors (Lipinski definition) is 4. The average molecular weight is 356 g/mol. The first-order valence-electron chi connectivity index (χ1n) is 8.10. The molecule has 0 fully saturated rings. The first-order valence-corrected chi connectivity index (χ1v) is 9.15. The highest BCUT2D eigenvalue weighted by molar-refractivity contribution is 8.01. The van der Waals surface area contributed by atoms with E-state index < -0.39 is 0 Å². The van der Waals surface area contributed by atoms with Crippen molar-refractivity contribution in [1.82, 2.24) is 0 Å². The lowest BCUT2D eigenvalue weighted by Gasteiger charge is -2.13. The lowest BCUT2D eigenvalue weighted by atomic mass is 10.1. The quantitative estimate of drug-likeness (QED) is 0.862. The number of carbonyl (C=O) groups is 2. The van der Waals surface area contributed by atoms with Crippen molar-refractivity contribution >= 4 is 35.0 Å². The number of aryl methyl sites for hydroxylation is 1. The van der Waals surface area contributed by atoms with Crippen LogP contribution in [0.1, 0.15) is 12.0 Å². The van der Waals surface area contributed by atoms with Gasteiger partial charge in [0.15, 0.2) is 0 Å². The van der Waals surface area contributed by atoms with E-state index in [9.17, 15) is 9.59 Å². The lowest BCUT2D eigenvalue weighted by molar-refractivity contribution is -0.115. The van der Waals surface area contributed by atoms with Crippen LogP contribution in [0.2, 0.25) is 0 Å². The van der Waals surface area contributed by atoms with Crippen LogP contribution in [0, 0.1) is 0 Å². The molecule has 0 aliphatic carbocycles. The van der Waals surface area contributed by atoms with Crippen molar-refractivity contribution in [2.75, 3.05) is 23.5 Å². The van der Waals surface area contributed by atoms with Gasteiger partial charge in [-0.2, -0.15) is 0 Å². The van der Waals surface area contributed by atoms with Crippen LogP contribution in [-0.2, 0) is 16.0 Å². The number of benzene rings is 2. The molecule has 1 heterocycles. The topological polar surface area (TPSA) is 67.4 Å². The maximum Gasteiger partial charge on any atom is 0.237 e. The summed E-state index contributed by atoms with van der Waals surface area (Å²) in [6.07, 6.45) is 1.55. The molecule has 25 heavy (non-hydrogen) atoms. The van der Waals surface area contributed by atoms with Gasteiger partial charge in [0.1, 0.15) is 5.75 Å². The van der Waals surface area contributed by atoms with Crippen LogP contribution in [0.5, 0.6) is 5.75 Å². The molecule has 0 spiro atoms. The lowest BCUT2D eigenvalue weighted by Crippen LogP contribution is -2.26. The molecule has 2 amide bonds. The number of nitrogens with one attached hydrogen (secondary N) is 2. The third kappa shape index (κ3) is 4.54. The van der Waals surface area contributed by atoms with E-state index in [1.165, 1.54) is 11.8 Å². The van der Waals surface area contributed by atoms with E-state index in [0.29, 0.717) is 5.69 Å². The predicted octanol–water partition coefficient (Wildman–Crippen LogP) is 3.32. The van der Waals surface area contributed by atoms with Crippen LogP contribution < -0.4 is 15.4 Å². The Labute approximate surface area is 151 Å². The third-order valence-electron chi connectivity index (χ3n) is 4.03. The molecule has 2 aromatic rings. The SMILES string of the molecule is COc1ccc(NC(=O)CS[C@@H]2CCc3ccccc3NC2=O)cc1. The van der Waals surface area contributed by atoms with Crippen molar-refractivity contribution in [3.63, 3.8) is 0 Å². The minimum Gasteiger partial charge on any atom is -0.497 e. The van der Waals surface area contributed by atoms with E-state index in [1.807, 2.05) is 24.3 Å². The first-order chi connectivity index (χ1) is 12.2. The van der Waals surface area contributed by atoms with E-state index in [-0.39, 0.29) is 22.8 Å². The van der Waals surface area contributed by atoms with Crippen molar-refractivity contribution in [3.05, 3.63) is 54.1 Å². The summed E-state index contributed by atoms with van der Waals surface area (Å²) in [6, 6.07) is 15.0. The van der Waals surface area contributed by atoms with Gasteiger partial charge in [0.2, 0.25) is 11.8 Å². The van der Waals surface area contributed by atoms with Crippen LogP contribution in [-0.4, -0.2) is 29.9 Å². The first kappa shape index (κ1) is 17.4. The van der Waals surface area contributed by atoms with Crippen LogP contribution in [0.15, 0.2) is 48.5 Å². The molecular formula is C19H20N2O3S. The number of thioether (sulfide) groups is 1. The Kier molecular flexibility index (Phi) is 5.60. The summed E-state index contributed by atoms with van der Waals surface area (Å²) in [4.78, 5) is 24.5. The van der Waals surface area contributed by atoms with Crippen molar-refractivity contribution in [2.24, 2.45) is 0 Å².